The zero-order valence-electron chi connectivity index (χ0n) is 10.0. The lowest BCUT2D eigenvalue weighted by Crippen LogP contribution is -2.22. The Labute approximate surface area is 114 Å². The second kappa shape index (κ2) is 5.87. The topological polar surface area (TPSA) is 31.2 Å². The number of halogens is 1. The Morgan fingerprint density at radius 3 is 2.61 bits per heavy atom. The summed E-state index contributed by atoms with van der Waals surface area (Å²) < 4.78 is 6.67. The van der Waals surface area contributed by atoms with Crippen molar-refractivity contribution in [3.63, 3.8) is 0 Å². The molecule has 0 spiro atoms. The summed E-state index contributed by atoms with van der Waals surface area (Å²) >= 11 is 3.60. The van der Waals surface area contributed by atoms with E-state index in [2.05, 4.69) is 15.9 Å². The van der Waals surface area contributed by atoms with Crippen LogP contribution in [-0.2, 0) is 6.54 Å². The molecule has 1 unspecified atom stereocenters. The number of ether oxygens (including phenoxy) is 1. The molecule has 0 aliphatic rings. The molecule has 0 aliphatic carbocycles. The second-order valence-corrected chi connectivity index (χ2v) is 5.02. The fourth-order valence-electron chi connectivity index (χ4n) is 1.75. The maximum absolute atomic E-state index is 12.0. The molecule has 0 saturated carbocycles. The lowest BCUT2D eigenvalue weighted by Gasteiger charge is -2.13. The molecule has 0 saturated heterocycles. The lowest BCUT2D eigenvalue weighted by molar-refractivity contribution is 0.402. The van der Waals surface area contributed by atoms with Crippen molar-refractivity contribution < 1.29 is 4.74 Å². The van der Waals surface area contributed by atoms with E-state index in [9.17, 15) is 4.79 Å². The van der Waals surface area contributed by atoms with Crippen LogP contribution >= 0.6 is 15.9 Å². The third-order valence-electron chi connectivity index (χ3n) is 2.72. The molecule has 0 aliphatic heterocycles. The molecule has 1 aromatic carbocycles. The molecule has 0 amide bonds. The van der Waals surface area contributed by atoms with Gasteiger partial charge in [-0.15, -0.1) is 0 Å². The molecule has 1 aromatic heterocycles. The minimum Gasteiger partial charge on any atom is -0.491 e. The van der Waals surface area contributed by atoms with Crippen LogP contribution in [0.5, 0.6) is 5.75 Å². The van der Waals surface area contributed by atoms with Gasteiger partial charge < -0.3 is 9.30 Å². The highest BCUT2D eigenvalue weighted by molar-refractivity contribution is 9.09. The van der Waals surface area contributed by atoms with Crippen LogP contribution in [0.25, 0.3) is 0 Å². The van der Waals surface area contributed by atoms with E-state index in [1.807, 2.05) is 36.4 Å². The smallest absolute Gasteiger partial charge is 0.292 e. The summed E-state index contributed by atoms with van der Waals surface area (Å²) in [7, 11) is 1.50. The molecule has 1 heterocycles. The number of pyridine rings is 1. The summed E-state index contributed by atoms with van der Waals surface area (Å²) in [5.41, 5.74) is 1.03. The number of aromatic nitrogens is 1. The van der Waals surface area contributed by atoms with Gasteiger partial charge in [0.25, 0.3) is 5.56 Å². The molecule has 0 N–H and O–H groups in total. The van der Waals surface area contributed by atoms with Crippen LogP contribution in [0.1, 0.15) is 10.4 Å². The zero-order valence-corrected chi connectivity index (χ0v) is 11.6. The molecule has 2 aromatic rings. The van der Waals surface area contributed by atoms with Gasteiger partial charge in [-0.2, -0.15) is 0 Å². The van der Waals surface area contributed by atoms with Crippen molar-refractivity contribution in [1.29, 1.82) is 0 Å². The Morgan fingerprint density at radius 1 is 1.22 bits per heavy atom. The molecule has 0 fully saturated rings. The molecule has 4 heteroatoms. The van der Waals surface area contributed by atoms with Crippen molar-refractivity contribution in [3.05, 3.63) is 64.6 Å². The van der Waals surface area contributed by atoms with Gasteiger partial charge in [-0.3, -0.25) is 4.79 Å². The van der Waals surface area contributed by atoms with Gasteiger partial charge in [-0.05, 0) is 17.7 Å². The fraction of sp³-hybridized carbons (Fsp3) is 0.214. The van der Waals surface area contributed by atoms with Crippen molar-refractivity contribution in [2.75, 3.05) is 7.11 Å². The number of alkyl halides is 1. The van der Waals surface area contributed by atoms with Gasteiger partial charge in [-0.1, -0.05) is 46.3 Å². The van der Waals surface area contributed by atoms with Crippen molar-refractivity contribution in [3.8, 4) is 5.75 Å². The van der Waals surface area contributed by atoms with E-state index in [1.54, 1.807) is 16.8 Å². The van der Waals surface area contributed by atoms with Crippen LogP contribution in [0.4, 0.5) is 0 Å². The predicted molar refractivity (Wildman–Crippen MR) is 75.4 cm³/mol. The normalized spacial score (nSPS) is 12.1. The Kier molecular flexibility index (Phi) is 4.20. The molecule has 3 nitrogen and oxygen atoms in total. The average Bonchev–Trinajstić information content (AvgIpc) is 2.42. The molecule has 0 bridgehead atoms. The summed E-state index contributed by atoms with van der Waals surface area (Å²) in [5, 5.41) is 0. The third kappa shape index (κ3) is 2.82. The third-order valence-corrected chi connectivity index (χ3v) is 3.54. The van der Waals surface area contributed by atoms with E-state index >= 15 is 0 Å². The van der Waals surface area contributed by atoms with Crippen LogP contribution in [-0.4, -0.2) is 11.7 Å². The zero-order chi connectivity index (χ0) is 13.0. The number of methoxy groups -OCH3 is 1. The van der Waals surface area contributed by atoms with Gasteiger partial charge >= 0.3 is 0 Å². The summed E-state index contributed by atoms with van der Waals surface area (Å²) in [6.45, 7) is 0.569. The van der Waals surface area contributed by atoms with Crippen LogP contribution < -0.4 is 10.3 Å². The van der Waals surface area contributed by atoms with E-state index in [0.29, 0.717) is 12.3 Å². The van der Waals surface area contributed by atoms with Gasteiger partial charge in [0.05, 0.1) is 11.9 Å². The van der Waals surface area contributed by atoms with Crippen molar-refractivity contribution >= 4 is 15.9 Å². The number of hydrogen-bond donors (Lipinski definition) is 0. The Balaban J connectivity index is 2.22. The van der Waals surface area contributed by atoms with Gasteiger partial charge in [0.1, 0.15) is 0 Å². The van der Waals surface area contributed by atoms with E-state index in [4.69, 9.17) is 4.74 Å². The Morgan fingerprint density at radius 2 is 1.94 bits per heavy atom. The van der Waals surface area contributed by atoms with Crippen molar-refractivity contribution in [2.45, 2.75) is 11.4 Å². The van der Waals surface area contributed by atoms with E-state index in [0.717, 1.165) is 5.56 Å². The molecular formula is C14H14BrNO2. The minimum absolute atomic E-state index is 0.100. The lowest BCUT2D eigenvalue weighted by atomic mass is 10.1. The Bertz CT molecular complexity index is 566. The summed E-state index contributed by atoms with van der Waals surface area (Å²) in [6.07, 6.45) is 1.77. The maximum Gasteiger partial charge on any atom is 0.292 e. The van der Waals surface area contributed by atoms with Crippen LogP contribution in [0.2, 0.25) is 0 Å². The fourth-order valence-corrected chi connectivity index (χ4v) is 2.37. The second-order valence-electron chi connectivity index (χ2n) is 3.91. The van der Waals surface area contributed by atoms with Gasteiger partial charge in [0.15, 0.2) is 5.75 Å². The molecule has 0 radical (unpaired) electrons. The summed E-state index contributed by atoms with van der Waals surface area (Å²) in [6, 6.07) is 13.5. The first-order valence-electron chi connectivity index (χ1n) is 5.65. The van der Waals surface area contributed by atoms with E-state index in [1.165, 1.54) is 7.11 Å². The first-order chi connectivity index (χ1) is 8.72. The molecule has 1 atom stereocenters. The number of hydrogen-bond acceptors (Lipinski definition) is 2. The number of rotatable bonds is 4. The Hall–Kier alpha value is -1.55. The SMILES string of the molecule is COc1cccn(CC(Br)c2ccccc2)c1=O. The van der Waals surface area contributed by atoms with Crippen molar-refractivity contribution in [2.24, 2.45) is 0 Å². The molecular weight excluding hydrogens is 294 g/mol. The van der Waals surface area contributed by atoms with Gasteiger partial charge in [0.2, 0.25) is 0 Å². The minimum atomic E-state index is -0.111. The van der Waals surface area contributed by atoms with Gasteiger partial charge in [0, 0.05) is 12.7 Å². The predicted octanol–water partition coefficient (Wildman–Crippen LogP) is 2.99. The molecule has 2 rings (SSSR count). The highest BCUT2D eigenvalue weighted by Gasteiger charge is 2.10. The molecule has 94 valence electrons. The molecule has 18 heavy (non-hydrogen) atoms. The van der Waals surface area contributed by atoms with Crippen molar-refractivity contribution in [1.82, 2.24) is 4.57 Å². The standard InChI is InChI=1S/C14H14BrNO2/c1-18-13-8-5-9-16(14(13)17)10-12(15)11-6-3-2-4-7-11/h2-9,12H,10H2,1H3. The van der Waals surface area contributed by atoms with E-state index in [-0.39, 0.29) is 10.4 Å². The average molecular weight is 308 g/mol. The highest BCUT2D eigenvalue weighted by Crippen LogP contribution is 2.23. The maximum atomic E-state index is 12.0. The first-order valence-corrected chi connectivity index (χ1v) is 6.56. The largest absolute Gasteiger partial charge is 0.491 e. The van der Waals surface area contributed by atoms with Crippen LogP contribution in [0, 0.1) is 0 Å². The quantitative estimate of drug-likeness (QED) is 0.813. The van der Waals surface area contributed by atoms with Crippen LogP contribution in [0.3, 0.4) is 0 Å². The summed E-state index contributed by atoms with van der Waals surface area (Å²) in [5.74, 6) is 0.366. The summed E-state index contributed by atoms with van der Waals surface area (Å²) in [4.78, 5) is 12.1. The van der Waals surface area contributed by atoms with Gasteiger partial charge in [-0.25, -0.2) is 0 Å². The number of nitrogens with zero attached hydrogens (tertiary/aromatic N) is 1. The monoisotopic (exact) mass is 307 g/mol. The highest BCUT2D eigenvalue weighted by atomic mass is 79.9. The number of benzene rings is 1. The van der Waals surface area contributed by atoms with Crippen LogP contribution in [0.15, 0.2) is 53.5 Å². The van der Waals surface area contributed by atoms with E-state index < -0.39 is 0 Å². The first kappa shape index (κ1) is 12.9.